The second kappa shape index (κ2) is 21.2. The SMILES string of the molecule is O=O.O=[CH][Ir][Cl].c1ccc(P(c2ccccc2)c2ccccc2)cc1.c1ccc(P(c2ccccc2)c2ccccc2)cc1. The van der Waals surface area contributed by atoms with Crippen molar-refractivity contribution in [2.45, 2.75) is 0 Å². The first-order valence-electron chi connectivity index (χ1n) is 13.5. The fourth-order valence-electron chi connectivity index (χ4n) is 4.36. The van der Waals surface area contributed by atoms with Gasteiger partial charge < -0.3 is 0 Å². The van der Waals surface area contributed by atoms with Crippen LogP contribution in [0.25, 0.3) is 0 Å². The van der Waals surface area contributed by atoms with Gasteiger partial charge in [-0.25, -0.2) is 0 Å². The summed E-state index contributed by atoms with van der Waals surface area (Å²) in [4.78, 5) is 23.9. The predicted molar refractivity (Wildman–Crippen MR) is 190 cm³/mol. The van der Waals surface area contributed by atoms with Crippen molar-refractivity contribution in [3.63, 3.8) is 0 Å². The number of rotatable bonds is 7. The molecule has 0 radical (unpaired) electrons. The maximum absolute atomic E-state index is 9.10. The molecule has 0 aliphatic rings. The standard InChI is InChI=1S/2C18H15P.CHO.ClH.Ir.O2/c2*1-4-10-16(11-5-1)19(17-12-6-2-7-13-17)18-14-8-3-9-15-18;1-2;;;1-2/h2*1-15H;1H;1H;;/q;;;;+1;/p-1. The number of hydrogen-bond donors (Lipinski definition) is 0. The van der Waals surface area contributed by atoms with Crippen LogP contribution in [-0.2, 0) is 21.5 Å². The first-order chi connectivity index (χ1) is 21.8. The predicted octanol–water partition coefficient (Wildman–Crippen LogP) is 7.37. The van der Waals surface area contributed by atoms with Gasteiger partial charge in [-0.05, 0) is 47.7 Å². The Morgan fingerprint density at radius 3 is 0.614 bits per heavy atom. The van der Waals surface area contributed by atoms with E-state index >= 15 is 0 Å². The second-order valence-electron chi connectivity index (χ2n) is 8.84. The van der Waals surface area contributed by atoms with E-state index < -0.39 is 32.5 Å². The zero-order valence-electron chi connectivity index (χ0n) is 23.7. The molecule has 0 saturated heterocycles. The monoisotopic (exact) mass is 813 g/mol. The molecule has 223 valence electrons. The minimum absolute atomic E-state index is 0.446. The van der Waals surface area contributed by atoms with Gasteiger partial charge in [0.1, 0.15) is 0 Å². The quantitative estimate of drug-likeness (QED) is 0.125. The van der Waals surface area contributed by atoms with Crippen LogP contribution in [0, 0.1) is 9.93 Å². The van der Waals surface area contributed by atoms with E-state index in [1.165, 1.54) is 31.8 Å². The average Bonchev–Trinajstić information content (AvgIpc) is 3.13. The summed E-state index contributed by atoms with van der Waals surface area (Å²) in [6.07, 6.45) is 0. The van der Waals surface area contributed by atoms with Gasteiger partial charge in [-0.15, -0.1) is 0 Å². The molecular formula is C37H31ClIrO3P2. The van der Waals surface area contributed by atoms with Gasteiger partial charge in [0.25, 0.3) is 0 Å². The van der Waals surface area contributed by atoms with Crippen LogP contribution in [0.1, 0.15) is 0 Å². The van der Waals surface area contributed by atoms with E-state index in [1.54, 1.807) is 0 Å². The number of carbonyl (C=O) groups excluding carboxylic acids is 1. The Morgan fingerprint density at radius 2 is 0.500 bits per heavy atom. The van der Waals surface area contributed by atoms with Crippen LogP contribution in [0.2, 0.25) is 0 Å². The molecule has 0 unspecified atom stereocenters. The van der Waals surface area contributed by atoms with Crippen LogP contribution in [0.15, 0.2) is 182 Å². The number of carbonyl (C=O) groups is 1. The number of halogens is 1. The molecule has 6 aromatic rings. The number of benzene rings is 6. The minimum Gasteiger partial charge on any atom is -0.0622 e. The molecule has 0 spiro atoms. The summed E-state index contributed by atoms with van der Waals surface area (Å²) < 4.78 is 0. The van der Waals surface area contributed by atoms with E-state index in [0.717, 1.165) is 4.80 Å². The topological polar surface area (TPSA) is 51.2 Å². The van der Waals surface area contributed by atoms with Crippen molar-refractivity contribution in [3.05, 3.63) is 192 Å². The van der Waals surface area contributed by atoms with Crippen LogP contribution in [0.4, 0.5) is 0 Å². The fraction of sp³-hybridized carbons (Fsp3) is 0. The summed E-state index contributed by atoms with van der Waals surface area (Å²) in [5, 5.41) is 8.39. The van der Waals surface area contributed by atoms with Crippen molar-refractivity contribution in [1.82, 2.24) is 0 Å². The van der Waals surface area contributed by atoms with Gasteiger partial charge in [0.2, 0.25) is 0 Å². The molecule has 0 atom stereocenters. The zero-order valence-corrected chi connectivity index (χ0v) is 28.7. The van der Waals surface area contributed by atoms with E-state index in [-0.39, 0.29) is 0 Å². The molecule has 6 aromatic carbocycles. The summed E-state index contributed by atoms with van der Waals surface area (Å²) in [5.41, 5.74) is 0. The van der Waals surface area contributed by atoms with Crippen LogP contribution in [0.5, 0.6) is 0 Å². The molecule has 3 nitrogen and oxygen atoms in total. The maximum atomic E-state index is 9.10. The summed E-state index contributed by atoms with van der Waals surface area (Å²) in [7, 11) is 4.05. The van der Waals surface area contributed by atoms with E-state index in [0.29, 0.717) is 0 Å². The van der Waals surface area contributed by atoms with Crippen molar-refractivity contribution < 1.29 is 21.5 Å². The molecule has 6 rings (SSSR count). The first-order valence-corrected chi connectivity index (χ1v) is 20.6. The summed E-state index contributed by atoms with van der Waals surface area (Å²) in [6, 6.07) is 64.7. The molecule has 0 aromatic heterocycles. The molecule has 7 heteroatoms. The molecular weight excluding hydrogens is 782 g/mol. The van der Waals surface area contributed by atoms with Crippen LogP contribution in [-0.4, -0.2) is 4.80 Å². The maximum Gasteiger partial charge on any atom is -0.0134 e. The summed E-state index contributed by atoms with van der Waals surface area (Å²) in [5.74, 6) is 0. The summed E-state index contributed by atoms with van der Waals surface area (Å²) in [6.45, 7) is 0. The Bertz CT molecular complexity index is 1280. The van der Waals surface area contributed by atoms with Gasteiger partial charge in [-0.2, -0.15) is 0 Å². The van der Waals surface area contributed by atoms with Gasteiger partial charge in [0, 0.05) is 9.93 Å². The molecule has 44 heavy (non-hydrogen) atoms. The van der Waals surface area contributed by atoms with Gasteiger partial charge >= 0.3 is 35.9 Å². The second-order valence-corrected chi connectivity index (χ2v) is 15.6. The van der Waals surface area contributed by atoms with Gasteiger partial charge in [-0.1, -0.05) is 182 Å². The molecule has 0 fully saturated rings. The van der Waals surface area contributed by atoms with Gasteiger partial charge in [0.05, 0.1) is 0 Å². The third kappa shape index (κ3) is 11.1. The average molecular weight is 813 g/mol. The molecule has 0 aliphatic heterocycles. The molecule has 0 N–H and O–H groups in total. The molecule has 0 bridgehead atoms. The molecule has 0 saturated carbocycles. The minimum atomic E-state index is -0.694. The fourth-order valence-corrected chi connectivity index (χ4v) is 8.97. The largest absolute Gasteiger partial charge is 0.0622 e. The normalized spacial score (nSPS) is 9.89. The Labute approximate surface area is 274 Å². The van der Waals surface area contributed by atoms with Crippen LogP contribution >= 0.6 is 25.4 Å². The Balaban J connectivity index is 0.000000205. The Hall–Kier alpha value is -3.61. The molecule has 0 heterocycles. The van der Waals surface area contributed by atoms with E-state index in [4.69, 9.17) is 24.3 Å². The van der Waals surface area contributed by atoms with Crippen molar-refractivity contribution in [1.29, 1.82) is 0 Å². The molecule has 0 aliphatic carbocycles. The third-order valence-corrected chi connectivity index (χ3v) is 11.7. The zero-order chi connectivity index (χ0) is 31.2. The van der Waals surface area contributed by atoms with Crippen molar-refractivity contribution >= 4 is 62.1 Å². The van der Waals surface area contributed by atoms with Gasteiger partial charge in [0.15, 0.2) is 0 Å². The summed E-state index contributed by atoms with van der Waals surface area (Å²) >= 11 is -0.694. The smallest absolute Gasteiger partial charge is 0.0134 e. The number of hydrogen-bond acceptors (Lipinski definition) is 3. The Morgan fingerprint density at radius 1 is 0.364 bits per heavy atom. The van der Waals surface area contributed by atoms with Crippen LogP contribution < -0.4 is 31.8 Å². The van der Waals surface area contributed by atoms with Crippen molar-refractivity contribution in [2.24, 2.45) is 0 Å². The van der Waals surface area contributed by atoms with E-state index in [9.17, 15) is 0 Å². The molecule has 0 amide bonds. The van der Waals surface area contributed by atoms with Crippen molar-refractivity contribution in [2.75, 3.05) is 0 Å². The van der Waals surface area contributed by atoms with Crippen LogP contribution in [0.3, 0.4) is 0 Å². The van der Waals surface area contributed by atoms with Crippen molar-refractivity contribution in [3.8, 4) is 0 Å². The Kier molecular flexibility index (Phi) is 16.8. The third-order valence-electron chi connectivity index (χ3n) is 6.12. The van der Waals surface area contributed by atoms with Gasteiger partial charge in [-0.3, -0.25) is 0 Å². The van der Waals surface area contributed by atoms with E-state index in [2.05, 4.69) is 182 Å². The van der Waals surface area contributed by atoms with E-state index in [1.807, 2.05) is 0 Å². The first kappa shape index (κ1) is 34.9.